The summed E-state index contributed by atoms with van der Waals surface area (Å²) < 4.78 is 6.99. The van der Waals surface area contributed by atoms with Crippen LogP contribution >= 0.6 is 0 Å². The van der Waals surface area contributed by atoms with Gasteiger partial charge in [0.2, 0.25) is 5.91 Å². The minimum Gasteiger partial charge on any atom is -0.383 e. The van der Waals surface area contributed by atoms with E-state index in [1.807, 2.05) is 30.7 Å². The molecule has 0 bridgehead atoms. The number of aryl methyl sites for hydroxylation is 2. The van der Waals surface area contributed by atoms with Crippen molar-refractivity contribution >= 4 is 11.6 Å². The first-order valence-electron chi connectivity index (χ1n) is 8.42. The second kappa shape index (κ2) is 6.77. The smallest absolute Gasteiger partial charge is 0.228 e. The largest absolute Gasteiger partial charge is 0.383 e. The van der Waals surface area contributed by atoms with Crippen LogP contribution in [0.3, 0.4) is 0 Å². The fourth-order valence-electron chi connectivity index (χ4n) is 3.32. The van der Waals surface area contributed by atoms with Crippen LogP contribution < -0.4 is 5.32 Å². The Morgan fingerprint density at radius 2 is 2.08 bits per heavy atom. The SMILES string of the molecule is COCCn1nc(C)c(NC(=O)[C@@H]2C[C@H]2c2ccccc2C)c1C. The van der Waals surface area contributed by atoms with Gasteiger partial charge in [0.25, 0.3) is 0 Å². The van der Waals surface area contributed by atoms with Crippen LogP contribution in [0.1, 0.15) is 34.9 Å². The maximum absolute atomic E-state index is 12.6. The van der Waals surface area contributed by atoms with E-state index in [-0.39, 0.29) is 11.8 Å². The van der Waals surface area contributed by atoms with Gasteiger partial charge in [0.1, 0.15) is 0 Å². The molecule has 5 nitrogen and oxygen atoms in total. The van der Waals surface area contributed by atoms with E-state index in [1.54, 1.807) is 7.11 Å². The highest BCUT2D eigenvalue weighted by atomic mass is 16.5. The second-order valence-electron chi connectivity index (χ2n) is 6.56. The van der Waals surface area contributed by atoms with Crippen molar-refractivity contribution in [2.45, 2.75) is 39.7 Å². The van der Waals surface area contributed by atoms with Crippen molar-refractivity contribution < 1.29 is 9.53 Å². The number of anilines is 1. The van der Waals surface area contributed by atoms with E-state index >= 15 is 0 Å². The predicted octanol–water partition coefficient (Wildman–Crippen LogP) is 3.20. The highest BCUT2D eigenvalue weighted by Gasteiger charge is 2.44. The third-order valence-electron chi connectivity index (χ3n) is 4.85. The van der Waals surface area contributed by atoms with Crippen LogP contribution in [0, 0.1) is 26.7 Å². The lowest BCUT2D eigenvalue weighted by Crippen LogP contribution is -2.16. The molecule has 128 valence electrons. The van der Waals surface area contributed by atoms with E-state index in [9.17, 15) is 4.79 Å². The summed E-state index contributed by atoms with van der Waals surface area (Å²) >= 11 is 0. The Bertz CT molecular complexity index is 751. The summed E-state index contributed by atoms with van der Waals surface area (Å²) in [6.07, 6.45) is 0.923. The Balaban J connectivity index is 1.68. The van der Waals surface area contributed by atoms with Gasteiger partial charge in [0.05, 0.1) is 30.2 Å². The number of hydrogen-bond acceptors (Lipinski definition) is 3. The molecule has 0 aliphatic heterocycles. The fourth-order valence-corrected chi connectivity index (χ4v) is 3.32. The van der Waals surface area contributed by atoms with Gasteiger partial charge in [-0.1, -0.05) is 24.3 Å². The van der Waals surface area contributed by atoms with Gasteiger partial charge in [-0.3, -0.25) is 9.48 Å². The first-order valence-corrected chi connectivity index (χ1v) is 8.42. The summed E-state index contributed by atoms with van der Waals surface area (Å²) in [6, 6.07) is 8.32. The first-order chi connectivity index (χ1) is 11.5. The van der Waals surface area contributed by atoms with Crippen molar-refractivity contribution in [2.75, 3.05) is 19.0 Å². The van der Waals surface area contributed by atoms with Crippen LogP contribution in [0.15, 0.2) is 24.3 Å². The van der Waals surface area contributed by atoms with Crippen LogP contribution in [0.4, 0.5) is 5.69 Å². The lowest BCUT2D eigenvalue weighted by molar-refractivity contribution is -0.117. The standard InChI is InChI=1S/C19H25N3O2/c1-12-7-5-6-8-15(12)16-11-17(16)19(23)20-18-13(2)21-22(14(18)3)9-10-24-4/h5-8,16-17H,9-11H2,1-4H3,(H,20,23)/t16-,17+/m0/s1. The lowest BCUT2D eigenvalue weighted by Gasteiger charge is -2.08. The third-order valence-corrected chi connectivity index (χ3v) is 4.85. The summed E-state index contributed by atoms with van der Waals surface area (Å²) in [5, 5.41) is 7.59. The van der Waals surface area contributed by atoms with E-state index in [4.69, 9.17) is 4.74 Å². The van der Waals surface area contributed by atoms with Crippen molar-refractivity contribution in [2.24, 2.45) is 5.92 Å². The minimum absolute atomic E-state index is 0.0622. The number of amides is 1. The van der Waals surface area contributed by atoms with E-state index in [0.717, 1.165) is 23.5 Å². The molecule has 1 aromatic carbocycles. The molecule has 1 aromatic heterocycles. The molecule has 3 rings (SSSR count). The molecule has 1 aliphatic carbocycles. The number of benzene rings is 1. The Labute approximate surface area is 143 Å². The third kappa shape index (κ3) is 3.22. The summed E-state index contributed by atoms with van der Waals surface area (Å²) in [4.78, 5) is 12.6. The molecular formula is C19H25N3O2. The van der Waals surface area contributed by atoms with E-state index in [2.05, 4.69) is 29.5 Å². The van der Waals surface area contributed by atoms with Crippen molar-refractivity contribution in [3.63, 3.8) is 0 Å². The number of hydrogen-bond donors (Lipinski definition) is 1. The average Bonchev–Trinajstić information content (AvgIpc) is 3.31. The molecule has 0 unspecified atom stereocenters. The zero-order chi connectivity index (χ0) is 17.3. The van der Waals surface area contributed by atoms with E-state index in [0.29, 0.717) is 19.1 Å². The molecule has 1 saturated carbocycles. The number of methoxy groups -OCH3 is 1. The van der Waals surface area contributed by atoms with Gasteiger partial charge < -0.3 is 10.1 Å². The van der Waals surface area contributed by atoms with E-state index in [1.165, 1.54) is 11.1 Å². The molecule has 24 heavy (non-hydrogen) atoms. The van der Waals surface area contributed by atoms with Crippen LogP contribution in [0.25, 0.3) is 0 Å². The molecule has 2 atom stereocenters. The summed E-state index contributed by atoms with van der Waals surface area (Å²) in [6.45, 7) is 7.31. The molecule has 1 heterocycles. The Kier molecular flexibility index (Phi) is 4.71. The van der Waals surface area contributed by atoms with Gasteiger partial charge in [0.15, 0.2) is 0 Å². The molecule has 1 amide bonds. The molecule has 5 heteroatoms. The Morgan fingerprint density at radius 3 is 2.79 bits per heavy atom. The van der Waals surface area contributed by atoms with Crippen molar-refractivity contribution in [3.8, 4) is 0 Å². The molecular weight excluding hydrogens is 302 g/mol. The first kappa shape index (κ1) is 16.7. The fraction of sp³-hybridized carbons (Fsp3) is 0.474. The summed E-state index contributed by atoms with van der Waals surface area (Å²) in [5.41, 5.74) is 5.22. The Hall–Kier alpha value is -2.14. The van der Waals surface area contributed by atoms with Crippen molar-refractivity contribution in [1.82, 2.24) is 9.78 Å². The number of aromatic nitrogens is 2. The molecule has 1 fully saturated rings. The van der Waals surface area contributed by atoms with Crippen molar-refractivity contribution in [3.05, 3.63) is 46.8 Å². The number of rotatable bonds is 6. The van der Waals surface area contributed by atoms with Gasteiger partial charge in [-0.25, -0.2) is 0 Å². The van der Waals surface area contributed by atoms with Crippen LogP contribution in [0.2, 0.25) is 0 Å². The number of nitrogens with zero attached hydrogens (tertiary/aromatic N) is 2. The quantitative estimate of drug-likeness (QED) is 0.886. The molecule has 1 N–H and O–H groups in total. The molecule has 0 spiro atoms. The second-order valence-corrected chi connectivity index (χ2v) is 6.56. The highest BCUT2D eigenvalue weighted by molar-refractivity contribution is 5.96. The molecule has 0 saturated heterocycles. The predicted molar refractivity (Wildman–Crippen MR) is 94.2 cm³/mol. The molecule has 0 radical (unpaired) electrons. The zero-order valence-corrected chi connectivity index (χ0v) is 14.8. The lowest BCUT2D eigenvalue weighted by atomic mass is 10.0. The molecule has 1 aliphatic rings. The van der Waals surface area contributed by atoms with Crippen LogP contribution in [0.5, 0.6) is 0 Å². The molecule has 2 aromatic rings. The van der Waals surface area contributed by atoms with Gasteiger partial charge in [-0.05, 0) is 44.2 Å². The highest BCUT2D eigenvalue weighted by Crippen LogP contribution is 2.49. The normalized spacial score (nSPS) is 19.3. The number of carbonyl (C=O) groups excluding carboxylic acids is 1. The van der Waals surface area contributed by atoms with Gasteiger partial charge in [-0.2, -0.15) is 5.10 Å². The maximum Gasteiger partial charge on any atom is 0.228 e. The number of nitrogens with one attached hydrogen (secondary N) is 1. The summed E-state index contributed by atoms with van der Waals surface area (Å²) in [5.74, 6) is 0.503. The number of ether oxygens (including phenoxy) is 1. The zero-order valence-electron chi connectivity index (χ0n) is 14.8. The van der Waals surface area contributed by atoms with Gasteiger partial charge in [0, 0.05) is 13.0 Å². The Morgan fingerprint density at radius 1 is 1.33 bits per heavy atom. The minimum atomic E-state index is 0.0622. The van der Waals surface area contributed by atoms with E-state index < -0.39 is 0 Å². The number of carbonyl (C=O) groups is 1. The van der Waals surface area contributed by atoms with Crippen LogP contribution in [-0.4, -0.2) is 29.4 Å². The van der Waals surface area contributed by atoms with Gasteiger partial charge >= 0.3 is 0 Å². The van der Waals surface area contributed by atoms with Crippen LogP contribution in [-0.2, 0) is 16.1 Å². The maximum atomic E-state index is 12.6. The summed E-state index contributed by atoms with van der Waals surface area (Å²) in [7, 11) is 1.67. The average molecular weight is 327 g/mol. The van der Waals surface area contributed by atoms with Gasteiger partial charge in [-0.15, -0.1) is 0 Å². The van der Waals surface area contributed by atoms with Crippen molar-refractivity contribution in [1.29, 1.82) is 0 Å². The topological polar surface area (TPSA) is 56.1 Å². The monoisotopic (exact) mass is 327 g/mol.